The van der Waals surface area contributed by atoms with Crippen LogP contribution in [0, 0.1) is 5.92 Å². The molecule has 2 rings (SSSR count). The number of benzene rings is 1. The van der Waals surface area contributed by atoms with E-state index in [1.54, 1.807) is 0 Å². The fraction of sp³-hybridized carbons (Fsp3) is 0.538. The van der Waals surface area contributed by atoms with Gasteiger partial charge in [0.2, 0.25) is 0 Å². The topological polar surface area (TPSA) is 29.3 Å². The second kappa shape index (κ2) is 5.80. The molecule has 0 aromatic heterocycles. The first-order valence-corrected chi connectivity index (χ1v) is 6.74. The summed E-state index contributed by atoms with van der Waals surface area (Å²) in [5.41, 5.74) is 7.08. The van der Waals surface area contributed by atoms with Gasteiger partial charge in [0.25, 0.3) is 0 Å². The summed E-state index contributed by atoms with van der Waals surface area (Å²) in [7, 11) is 0. The lowest BCUT2D eigenvalue weighted by atomic mass is 9.97. The minimum Gasteiger partial charge on any atom is -0.330 e. The summed E-state index contributed by atoms with van der Waals surface area (Å²) in [4.78, 5) is 2.52. The van der Waals surface area contributed by atoms with E-state index < -0.39 is 0 Å². The van der Waals surface area contributed by atoms with Crippen LogP contribution in [0.25, 0.3) is 0 Å². The van der Waals surface area contributed by atoms with Gasteiger partial charge >= 0.3 is 0 Å². The van der Waals surface area contributed by atoms with Crippen molar-refractivity contribution in [2.75, 3.05) is 19.6 Å². The highest BCUT2D eigenvalue weighted by Gasteiger charge is 2.18. The average Bonchev–Trinajstić information content (AvgIpc) is 2.33. The van der Waals surface area contributed by atoms with E-state index in [-0.39, 0.29) is 0 Å². The maximum atomic E-state index is 5.70. The van der Waals surface area contributed by atoms with E-state index in [2.05, 4.69) is 45.1 Å². The van der Waals surface area contributed by atoms with E-state index >= 15 is 0 Å². The SMILES string of the molecule is NCC1CCN(Cc2ccccc2Br)CC1. The summed E-state index contributed by atoms with van der Waals surface area (Å²) in [6.45, 7) is 4.27. The summed E-state index contributed by atoms with van der Waals surface area (Å²) in [5, 5.41) is 0. The van der Waals surface area contributed by atoms with Gasteiger partial charge in [0.1, 0.15) is 0 Å². The zero-order valence-corrected chi connectivity index (χ0v) is 11.1. The smallest absolute Gasteiger partial charge is 0.0244 e. The Labute approximate surface area is 106 Å². The molecule has 0 unspecified atom stereocenters. The molecule has 0 aliphatic carbocycles. The van der Waals surface area contributed by atoms with Crippen LogP contribution < -0.4 is 5.73 Å². The molecule has 0 atom stereocenters. The zero-order valence-electron chi connectivity index (χ0n) is 9.53. The molecule has 88 valence electrons. The standard InChI is InChI=1S/C13H19BrN2/c14-13-4-2-1-3-12(13)10-16-7-5-11(9-15)6-8-16/h1-4,11H,5-10,15H2. The van der Waals surface area contributed by atoms with E-state index in [4.69, 9.17) is 5.73 Å². The molecule has 1 aromatic carbocycles. The van der Waals surface area contributed by atoms with Crippen molar-refractivity contribution in [3.63, 3.8) is 0 Å². The molecule has 2 nitrogen and oxygen atoms in total. The van der Waals surface area contributed by atoms with Crippen molar-refractivity contribution >= 4 is 15.9 Å². The van der Waals surface area contributed by atoms with Gasteiger partial charge < -0.3 is 5.73 Å². The van der Waals surface area contributed by atoms with Crippen LogP contribution in [0.15, 0.2) is 28.7 Å². The van der Waals surface area contributed by atoms with Crippen molar-refractivity contribution in [3.05, 3.63) is 34.3 Å². The van der Waals surface area contributed by atoms with Crippen molar-refractivity contribution in [2.24, 2.45) is 11.7 Å². The molecule has 0 saturated carbocycles. The monoisotopic (exact) mass is 282 g/mol. The average molecular weight is 283 g/mol. The summed E-state index contributed by atoms with van der Waals surface area (Å²) in [6.07, 6.45) is 2.50. The normalized spacial score (nSPS) is 18.9. The Hall–Kier alpha value is -0.380. The van der Waals surface area contributed by atoms with Gasteiger partial charge in [-0.2, -0.15) is 0 Å². The van der Waals surface area contributed by atoms with Crippen LogP contribution in [-0.4, -0.2) is 24.5 Å². The van der Waals surface area contributed by atoms with Crippen molar-refractivity contribution in [1.82, 2.24) is 4.90 Å². The lowest BCUT2D eigenvalue weighted by molar-refractivity contribution is 0.180. The molecule has 1 aliphatic rings. The number of halogens is 1. The zero-order chi connectivity index (χ0) is 11.4. The van der Waals surface area contributed by atoms with E-state index in [9.17, 15) is 0 Å². The highest BCUT2D eigenvalue weighted by atomic mass is 79.9. The highest BCUT2D eigenvalue weighted by molar-refractivity contribution is 9.10. The quantitative estimate of drug-likeness (QED) is 0.924. The Balaban J connectivity index is 1.89. The van der Waals surface area contributed by atoms with Crippen molar-refractivity contribution in [2.45, 2.75) is 19.4 Å². The number of nitrogens with zero attached hydrogens (tertiary/aromatic N) is 1. The van der Waals surface area contributed by atoms with Crippen molar-refractivity contribution < 1.29 is 0 Å². The molecule has 16 heavy (non-hydrogen) atoms. The third-order valence-corrected chi connectivity index (χ3v) is 4.17. The Kier molecular flexibility index (Phi) is 4.38. The van der Waals surface area contributed by atoms with Gasteiger partial charge in [0.05, 0.1) is 0 Å². The van der Waals surface area contributed by atoms with Gasteiger partial charge in [-0.05, 0) is 50.0 Å². The fourth-order valence-corrected chi connectivity index (χ4v) is 2.66. The van der Waals surface area contributed by atoms with E-state index in [0.717, 1.165) is 19.0 Å². The third kappa shape index (κ3) is 3.06. The van der Waals surface area contributed by atoms with Gasteiger partial charge in [-0.25, -0.2) is 0 Å². The molecular weight excluding hydrogens is 264 g/mol. The van der Waals surface area contributed by atoms with Crippen molar-refractivity contribution in [3.8, 4) is 0 Å². The number of rotatable bonds is 3. The Morgan fingerprint density at radius 1 is 1.25 bits per heavy atom. The molecule has 1 heterocycles. The lowest BCUT2D eigenvalue weighted by Gasteiger charge is -2.31. The lowest BCUT2D eigenvalue weighted by Crippen LogP contribution is -2.35. The van der Waals surface area contributed by atoms with Crippen molar-refractivity contribution in [1.29, 1.82) is 0 Å². The molecule has 1 saturated heterocycles. The van der Waals surface area contributed by atoms with Crippen LogP contribution in [0.2, 0.25) is 0 Å². The first kappa shape index (κ1) is 12.1. The van der Waals surface area contributed by atoms with E-state index in [1.165, 1.54) is 36.0 Å². The number of hydrogen-bond donors (Lipinski definition) is 1. The minimum absolute atomic E-state index is 0.746. The summed E-state index contributed by atoms with van der Waals surface area (Å²) in [5.74, 6) is 0.746. The molecule has 1 aromatic rings. The largest absolute Gasteiger partial charge is 0.330 e. The predicted octanol–water partition coefficient (Wildman–Crippen LogP) is 2.62. The Morgan fingerprint density at radius 2 is 1.94 bits per heavy atom. The maximum Gasteiger partial charge on any atom is 0.0244 e. The molecule has 1 fully saturated rings. The minimum atomic E-state index is 0.746. The van der Waals surface area contributed by atoms with Crippen LogP contribution in [0.4, 0.5) is 0 Å². The van der Waals surface area contributed by atoms with Gasteiger partial charge in [-0.3, -0.25) is 4.90 Å². The van der Waals surface area contributed by atoms with E-state index in [1.807, 2.05) is 0 Å². The number of likely N-dealkylation sites (tertiary alicyclic amines) is 1. The molecule has 0 spiro atoms. The van der Waals surface area contributed by atoms with Crippen LogP contribution in [0.3, 0.4) is 0 Å². The van der Waals surface area contributed by atoms with Crippen LogP contribution in [0.5, 0.6) is 0 Å². The maximum absolute atomic E-state index is 5.70. The summed E-state index contributed by atoms with van der Waals surface area (Å²) >= 11 is 3.60. The highest BCUT2D eigenvalue weighted by Crippen LogP contribution is 2.21. The third-order valence-electron chi connectivity index (χ3n) is 3.39. The molecule has 2 N–H and O–H groups in total. The summed E-state index contributed by atoms with van der Waals surface area (Å²) in [6, 6.07) is 8.47. The van der Waals surface area contributed by atoms with Gasteiger partial charge in [0.15, 0.2) is 0 Å². The molecule has 3 heteroatoms. The number of hydrogen-bond acceptors (Lipinski definition) is 2. The van der Waals surface area contributed by atoms with Gasteiger partial charge in [-0.1, -0.05) is 34.1 Å². The fourth-order valence-electron chi connectivity index (χ4n) is 2.25. The van der Waals surface area contributed by atoms with Crippen LogP contribution in [0.1, 0.15) is 18.4 Å². The molecule has 0 radical (unpaired) electrons. The predicted molar refractivity (Wildman–Crippen MR) is 71.2 cm³/mol. The van der Waals surface area contributed by atoms with Crippen LogP contribution >= 0.6 is 15.9 Å². The number of nitrogens with two attached hydrogens (primary N) is 1. The second-order valence-electron chi connectivity index (χ2n) is 4.55. The first-order chi connectivity index (χ1) is 7.79. The molecule has 0 amide bonds. The second-order valence-corrected chi connectivity index (χ2v) is 5.40. The van der Waals surface area contributed by atoms with Gasteiger partial charge in [-0.15, -0.1) is 0 Å². The summed E-state index contributed by atoms with van der Waals surface area (Å²) < 4.78 is 1.22. The molecular formula is C13H19BrN2. The van der Waals surface area contributed by atoms with Crippen LogP contribution in [-0.2, 0) is 6.54 Å². The molecule has 0 bridgehead atoms. The first-order valence-electron chi connectivity index (χ1n) is 5.95. The Bertz CT molecular complexity index is 332. The Morgan fingerprint density at radius 3 is 2.56 bits per heavy atom. The van der Waals surface area contributed by atoms with E-state index in [0.29, 0.717) is 0 Å². The number of piperidine rings is 1. The van der Waals surface area contributed by atoms with Gasteiger partial charge in [0, 0.05) is 11.0 Å². The molecule has 1 aliphatic heterocycles.